The van der Waals surface area contributed by atoms with Crippen LogP contribution in [0.2, 0.25) is 77.1 Å². The minimum atomic E-state index is -1.30. The van der Waals surface area contributed by atoms with Gasteiger partial charge >= 0.3 is 35.8 Å². The van der Waals surface area contributed by atoms with Crippen LogP contribution >= 0.6 is 0 Å². The first-order chi connectivity index (χ1) is 25.7. The van der Waals surface area contributed by atoms with Crippen LogP contribution in [0.5, 0.6) is 0 Å². The summed E-state index contributed by atoms with van der Waals surface area (Å²) in [5.41, 5.74) is -0.822. The SMILES string of the molecule is C=C(C)C(=O)OCCC[Si](C)(C)C.C=CC(=O)OCC(COC(=O)C=C)(COC(=O)C=C)COC(=O)CCCC[Si](C)(C)C.C=CC(=O)OCCC[Si](C)(C)C. The van der Waals surface area contributed by atoms with Crippen LogP contribution in [0.15, 0.2) is 62.8 Å². The summed E-state index contributed by atoms with van der Waals surface area (Å²) >= 11 is 0. The molecular weight excluding hydrogens is 769 g/mol. The average molecular weight is 841 g/mol. The predicted molar refractivity (Wildman–Crippen MR) is 231 cm³/mol. The Morgan fingerprint density at radius 1 is 0.482 bits per heavy atom. The fourth-order valence-electron chi connectivity index (χ4n) is 4.05. The lowest BCUT2D eigenvalue weighted by Gasteiger charge is -2.31. The van der Waals surface area contributed by atoms with Crippen LogP contribution in [0.3, 0.4) is 0 Å². The van der Waals surface area contributed by atoms with E-state index in [0.29, 0.717) is 25.2 Å². The van der Waals surface area contributed by atoms with E-state index >= 15 is 0 Å². The molecule has 0 N–H and O–H groups in total. The van der Waals surface area contributed by atoms with Gasteiger partial charge in [0, 0.05) is 60.5 Å². The predicted octanol–water partition coefficient (Wildman–Crippen LogP) is 8.49. The fourth-order valence-corrected chi connectivity index (χ4v) is 7.78. The molecule has 320 valence electrons. The second-order valence-electron chi connectivity index (χ2n) is 17.0. The molecule has 0 saturated heterocycles. The molecule has 0 rings (SSSR count). The van der Waals surface area contributed by atoms with Crippen molar-refractivity contribution in [2.45, 2.75) is 116 Å². The van der Waals surface area contributed by atoms with Crippen LogP contribution in [0.1, 0.15) is 39.0 Å². The quantitative estimate of drug-likeness (QED) is 0.0269. The van der Waals surface area contributed by atoms with Crippen LogP contribution in [0, 0.1) is 5.41 Å². The lowest BCUT2D eigenvalue weighted by Crippen LogP contribution is -2.43. The zero-order valence-electron chi connectivity index (χ0n) is 36.1. The first-order valence-electron chi connectivity index (χ1n) is 18.9. The van der Waals surface area contributed by atoms with E-state index in [4.69, 9.17) is 28.4 Å². The number of carbonyl (C=O) groups excluding carboxylic acids is 6. The van der Waals surface area contributed by atoms with Crippen LogP contribution in [0.25, 0.3) is 0 Å². The summed E-state index contributed by atoms with van der Waals surface area (Å²) in [6.45, 7) is 38.9. The summed E-state index contributed by atoms with van der Waals surface area (Å²) in [5.74, 6) is -3.22. The lowest BCUT2D eigenvalue weighted by atomic mass is 9.92. The maximum atomic E-state index is 12.2. The maximum Gasteiger partial charge on any atom is 0.333 e. The molecule has 0 fully saturated rings. The summed E-state index contributed by atoms with van der Waals surface area (Å²) in [7, 11) is -3.10. The van der Waals surface area contributed by atoms with Crippen LogP contribution in [0.4, 0.5) is 0 Å². The standard InChI is InChI=1S/C22H34O8Si.C10H20O2Si.C9H18O2Si/c1-7-18(23)27-14-22(15-28-19(24)8-2,16-29-20(25)9-3)17-30-21(26)12-10-11-13-31(4,5)6;1-9(2)10(11)12-7-6-8-13(3,4)5;1-5-9(10)11-7-6-8-12(2,3)4/h7-9H,1-3,10-17H2,4-6H3;1,6-8H2,2-5H3;5H,1,6-8H2,2-4H3. The molecule has 0 saturated carbocycles. The third-order valence-electron chi connectivity index (χ3n) is 7.29. The molecule has 0 unspecified atom stereocenters. The van der Waals surface area contributed by atoms with E-state index in [-0.39, 0.29) is 44.8 Å². The number of carbonyl (C=O) groups is 6. The molecule has 0 aliphatic carbocycles. The van der Waals surface area contributed by atoms with Crippen molar-refractivity contribution in [2.75, 3.05) is 39.6 Å². The topological polar surface area (TPSA) is 158 Å². The first-order valence-corrected chi connectivity index (χ1v) is 30.0. The summed E-state index contributed by atoms with van der Waals surface area (Å²) in [6, 6.07) is 3.52. The zero-order chi connectivity index (χ0) is 44.0. The van der Waals surface area contributed by atoms with Gasteiger partial charge in [-0.15, -0.1) is 0 Å². The van der Waals surface area contributed by atoms with Gasteiger partial charge in [-0.25, -0.2) is 24.0 Å². The van der Waals surface area contributed by atoms with Crippen molar-refractivity contribution in [3.8, 4) is 0 Å². The van der Waals surface area contributed by atoms with Gasteiger partial charge in [0.25, 0.3) is 0 Å². The monoisotopic (exact) mass is 840 g/mol. The molecule has 56 heavy (non-hydrogen) atoms. The summed E-state index contributed by atoms with van der Waals surface area (Å²) in [4.78, 5) is 68.4. The van der Waals surface area contributed by atoms with Crippen molar-refractivity contribution in [2.24, 2.45) is 5.41 Å². The van der Waals surface area contributed by atoms with Gasteiger partial charge in [0.15, 0.2) is 0 Å². The van der Waals surface area contributed by atoms with Gasteiger partial charge in [0.05, 0.1) is 13.2 Å². The molecule has 0 aliphatic heterocycles. The van der Waals surface area contributed by atoms with Gasteiger partial charge in [-0.3, -0.25) is 4.79 Å². The van der Waals surface area contributed by atoms with Crippen LogP contribution in [-0.2, 0) is 57.2 Å². The molecular formula is C41H72O12Si3. The fraction of sp³-hybridized carbons (Fsp3) is 0.610. The lowest BCUT2D eigenvalue weighted by molar-refractivity contribution is -0.166. The Morgan fingerprint density at radius 2 is 0.804 bits per heavy atom. The van der Waals surface area contributed by atoms with Gasteiger partial charge in [-0.1, -0.05) is 116 Å². The zero-order valence-corrected chi connectivity index (χ0v) is 39.1. The molecule has 0 aromatic heterocycles. The van der Waals surface area contributed by atoms with E-state index in [1.54, 1.807) is 6.92 Å². The molecule has 0 aromatic carbocycles. The van der Waals surface area contributed by atoms with Gasteiger partial charge in [0.1, 0.15) is 31.8 Å². The van der Waals surface area contributed by atoms with E-state index in [0.717, 1.165) is 43.5 Å². The molecule has 0 bridgehead atoms. The normalized spacial score (nSPS) is 11.0. The Labute approximate surface area is 340 Å². The van der Waals surface area contributed by atoms with Gasteiger partial charge < -0.3 is 28.4 Å². The minimum absolute atomic E-state index is 0.228. The van der Waals surface area contributed by atoms with E-state index in [2.05, 4.69) is 91.8 Å². The Bertz CT molecular complexity index is 1230. The van der Waals surface area contributed by atoms with Crippen molar-refractivity contribution in [3.63, 3.8) is 0 Å². The third kappa shape index (κ3) is 38.4. The van der Waals surface area contributed by atoms with E-state index < -0.39 is 53.5 Å². The molecule has 12 nitrogen and oxygen atoms in total. The number of ether oxygens (including phenoxy) is 6. The van der Waals surface area contributed by atoms with Gasteiger partial charge in [-0.2, -0.15) is 0 Å². The second kappa shape index (κ2) is 30.3. The van der Waals surface area contributed by atoms with Gasteiger partial charge in [0.2, 0.25) is 0 Å². The number of hydrogen-bond donors (Lipinski definition) is 0. The Morgan fingerprint density at radius 3 is 1.14 bits per heavy atom. The van der Waals surface area contributed by atoms with Crippen LogP contribution in [-0.4, -0.2) is 99.7 Å². The highest BCUT2D eigenvalue weighted by Gasteiger charge is 2.37. The van der Waals surface area contributed by atoms with E-state index in [1.165, 1.54) is 18.2 Å². The highest BCUT2D eigenvalue weighted by Crippen LogP contribution is 2.22. The van der Waals surface area contributed by atoms with Crippen molar-refractivity contribution < 1.29 is 57.2 Å². The molecule has 0 atom stereocenters. The number of unbranched alkanes of at least 4 members (excludes halogenated alkanes) is 1. The molecule has 0 aliphatic rings. The minimum Gasteiger partial charge on any atom is -0.465 e. The van der Waals surface area contributed by atoms with E-state index in [9.17, 15) is 28.8 Å². The highest BCUT2D eigenvalue weighted by molar-refractivity contribution is 6.76. The number of esters is 6. The smallest absolute Gasteiger partial charge is 0.333 e. The molecule has 15 heteroatoms. The van der Waals surface area contributed by atoms with Crippen molar-refractivity contribution in [1.82, 2.24) is 0 Å². The summed E-state index contributed by atoms with van der Waals surface area (Å²) < 4.78 is 30.4. The largest absolute Gasteiger partial charge is 0.465 e. The van der Waals surface area contributed by atoms with Gasteiger partial charge in [-0.05, 0) is 26.2 Å². The number of hydrogen-bond acceptors (Lipinski definition) is 12. The summed E-state index contributed by atoms with van der Waals surface area (Å²) in [6.07, 6.45) is 7.89. The van der Waals surface area contributed by atoms with Crippen LogP contribution < -0.4 is 0 Å². The van der Waals surface area contributed by atoms with Crippen molar-refractivity contribution >= 4 is 60.0 Å². The summed E-state index contributed by atoms with van der Waals surface area (Å²) in [5, 5.41) is 0. The van der Waals surface area contributed by atoms with E-state index in [1.807, 2.05) is 0 Å². The molecule has 0 heterocycles. The maximum absolute atomic E-state index is 12.2. The molecule has 0 spiro atoms. The first kappa shape index (κ1) is 56.5. The molecule has 0 amide bonds. The van der Waals surface area contributed by atoms with Crippen molar-refractivity contribution in [3.05, 3.63) is 62.8 Å². The second-order valence-corrected chi connectivity index (χ2v) is 33.8. The Hall–Kier alpha value is -3.83. The van der Waals surface area contributed by atoms with Crippen molar-refractivity contribution in [1.29, 1.82) is 0 Å². The third-order valence-corrected chi connectivity index (χ3v) is 12.9. The molecule has 0 radical (unpaired) electrons. The molecule has 0 aromatic rings. The Balaban J connectivity index is -0.000000916. The highest BCUT2D eigenvalue weighted by atomic mass is 28.3. The average Bonchev–Trinajstić information content (AvgIpc) is 3.11. The Kier molecular flexibility index (Phi) is 30.6. The number of rotatable bonds is 26.